The quantitative estimate of drug-likeness (QED) is 0.705. The number of rotatable bonds is 5. The molecule has 0 aromatic heterocycles. The minimum absolute atomic E-state index is 0.149. The Kier molecular flexibility index (Phi) is 5.71. The first-order chi connectivity index (χ1) is 7.22. The van der Waals surface area contributed by atoms with Gasteiger partial charge >= 0.3 is 0 Å². The highest BCUT2D eigenvalue weighted by Gasteiger charge is 2.17. The Labute approximate surface area is 94.1 Å². The monoisotopic (exact) mass is 208 g/mol. The van der Waals surface area contributed by atoms with Gasteiger partial charge in [-0.2, -0.15) is 5.26 Å². The van der Waals surface area contributed by atoms with Crippen LogP contribution in [0.2, 0.25) is 0 Å². The highest BCUT2D eigenvalue weighted by Crippen LogP contribution is 2.29. The highest BCUT2D eigenvalue weighted by atomic mass is 14.8. The van der Waals surface area contributed by atoms with Crippen molar-refractivity contribution in [3.8, 4) is 6.07 Å². The second kappa shape index (κ2) is 6.85. The summed E-state index contributed by atoms with van der Waals surface area (Å²) in [6, 6.07) is 2.25. The van der Waals surface area contributed by atoms with E-state index in [0.29, 0.717) is 0 Å². The van der Waals surface area contributed by atoms with Crippen LogP contribution in [-0.2, 0) is 0 Å². The van der Waals surface area contributed by atoms with Gasteiger partial charge in [0.2, 0.25) is 0 Å². The Morgan fingerprint density at radius 1 is 1.33 bits per heavy atom. The number of hydrogen-bond donors (Lipinski definition) is 1. The molecule has 1 N–H and O–H groups in total. The van der Waals surface area contributed by atoms with Gasteiger partial charge in [0, 0.05) is 6.54 Å². The average Bonchev–Trinajstić information content (AvgIpc) is 2.26. The molecule has 0 aliphatic heterocycles. The summed E-state index contributed by atoms with van der Waals surface area (Å²) in [4.78, 5) is 0. The van der Waals surface area contributed by atoms with Crippen LogP contribution in [0.5, 0.6) is 0 Å². The van der Waals surface area contributed by atoms with Crippen LogP contribution >= 0.6 is 0 Å². The van der Waals surface area contributed by atoms with Gasteiger partial charge in [-0.15, -0.1) is 0 Å². The van der Waals surface area contributed by atoms with Gasteiger partial charge in [0.05, 0.1) is 12.0 Å². The zero-order chi connectivity index (χ0) is 11.1. The summed E-state index contributed by atoms with van der Waals surface area (Å²) in [5.74, 6) is 2.04. The van der Waals surface area contributed by atoms with Crippen molar-refractivity contribution in [1.29, 1.82) is 5.26 Å². The maximum Gasteiger partial charge on any atom is 0.0666 e. The maximum absolute atomic E-state index is 8.62. The summed E-state index contributed by atoms with van der Waals surface area (Å²) in [5, 5.41) is 12.0. The van der Waals surface area contributed by atoms with Gasteiger partial charge in [-0.1, -0.05) is 32.6 Å². The van der Waals surface area contributed by atoms with Crippen LogP contribution in [0.3, 0.4) is 0 Å². The lowest BCUT2D eigenvalue weighted by molar-refractivity contribution is 0.275. The van der Waals surface area contributed by atoms with Crippen LogP contribution in [0.4, 0.5) is 0 Å². The summed E-state index contributed by atoms with van der Waals surface area (Å²) in [7, 11) is 0. The number of nitrogens with zero attached hydrogens (tertiary/aromatic N) is 1. The molecule has 1 aliphatic rings. The summed E-state index contributed by atoms with van der Waals surface area (Å²) < 4.78 is 0. The molecule has 0 aromatic carbocycles. The summed E-state index contributed by atoms with van der Waals surface area (Å²) in [6.07, 6.45) is 6.96. The Morgan fingerprint density at radius 2 is 2.00 bits per heavy atom. The van der Waals surface area contributed by atoms with Gasteiger partial charge in [-0.25, -0.2) is 0 Å². The normalized spacial score (nSPS) is 28.3. The van der Waals surface area contributed by atoms with Crippen molar-refractivity contribution in [1.82, 2.24) is 5.32 Å². The fourth-order valence-electron chi connectivity index (χ4n) is 2.29. The van der Waals surface area contributed by atoms with Gasteiger partial charge in [0.1, 0.15) is 0 Å². The van der Waals surface area contributed by atoms with Gasteiger partial charge in [-0.3, -0.25) is 0 Å². The van der Waals surface area contributed by atoms with E-state index >= 15 is 0 Å². The predicted molar refractivity (Wildman–Crippen MR) is 63.4 cm³/mol. The van der Waals surface area contributed by atoms with Crippen LogP contribution in [0, 0.1) is 29.1 Å². The van der Waals surface area contributed by atoms with Gasteiger partial charge in [-0.05, 0) is 31.7 Å². The molecule has 15 heavy (non-hydrogen) atoms. The SMILES string of the molecule is CC(C#N)CNCCC1CCC(C)CC1. The molecule has 0 saturated heterocycles. The number of hydrogen-bond acceptors (Lipinski definition) is 2. The van der Waals surface area contributed by atoms with E-state index in [1.165, 1.54) is 32.1 Å². The van der Waals surface area contributed by atoms with E-state index in [2.05, 4.69) is 18.3 Å². The Hall–Kier alpha value is -0.550. The van der Waals surface area contributed by atoms with E-state index in [4.69, 9.17) is 5.26 Å². The van der Waals surface area contributed by atoms with E-state index in [0.717, 1.165) is 24.9 Å². The van der Waals surface area contributed by atoms with Crippen molar-refractivity contribution >= 4 is 0 Å². The van der Waals surface area contributed by atoms with Crippen LogP contribution < -0.4 is 5.32 Å². The molecule has 1 rings (SSSR count). The fraction of sp³-hybridized carbons (Fsp3) is 0.923. The molecule has 0 spiro atoms. The molecule has 0 amide bonds. The molecule has 1 atom stereocenters. The molecule has 0 bridgehead atoms. The lowest BCUT2D eigenvalue weighted by atomic mass is 9.81. The van der Waals surface area contributed by atoms with Crippen molar-refractivity contribution in [3.63, 3.8) is 0 Å². The second-order valence-corrected chi connectivity index (χ2v) is 5.15. The Balaban J connectivity index is 1.99. The molecule has 2 heteroatoms. The predicted octanol–water partition coefficient (Wildman–Crippen LogP) is 2.95. The third-order valence-corrected chi connectivity index (χ3v) is 3.54. The molecule has 1 saturated carbocycles. The largest absolute Gasteiger partial charge is 0.315 e. The molecular formula is C13H24N2. The molecule has 0 radical (unpaired) electrons. The zero-order valence-electron chi connectivity index (χ0n) is 10.1. The number of nitriles is 1. The zero-order valence-corrected chi connectivity index (χ0v) is 10.1. The Morgan fingerprint density at radius 3 is 2.60 bits per heavy atom. The van der Waals surface area contributed by atoms with E-state index < -0.39 is 0 Å². The van der Waals surface area contributed by atoms with Crippen molar-refractivity contribution in [2.45, 2.75) is 46.0 Å². The average molecular weight is 208 g/mol. The second-order valence-electron chi connectivity index (χ2n) is 5.15. The molecular weight excluding hydrogens is 184 g/mol. The molecule has 1 unspecified atom stereocenters. The van der Waals surface area contributed by atoms with Crippen molar-refractivity contribution in [3.05, 3.63) is 0 Å². The third kappa shape index (κ3) is 5.18. The fourth-order valence-corrected chi connectivity index (χ4v) is 2.29. The first-order valence-electron chi connectivity index (χ1n) is 6.32. The van der Waals surface area contributed by atoms with E-state index in [1.807, 2.05) is 6.92 Å². The first kappa shape index (κ1) is 12.5. The molecule has 0 heterocycles. The maximum atomic E-state index is 8.62. The van der Waals surface area contributed by atoms with Crippen molar-refractivity contribution < 1.29 is 0 Å². The lowest BCUT2D eigenvalue weighted by Gasteiger charge is -2.26. The van der Waals surface area contributed by atoms with Crippen molar-refractivity contribution in [2.24, 2.45) is 17.8 Å². The summed E-state index contributed by atoms with van der Waals surface area (Å²) in [6.45, 7) is 6.27. The highest BCUT2D eigenvalue weighted by molar-refractivity contribution is 4.80. The standard InChI is InChI=1S/C13H24N2/c1-11-3-5-13(6-4-11)7-8-15-10-12(2)9-14/h11-13,15H,3-8,10H2,1-2H3. The number of nitrogens with one attached hydrogen (secondary N) is 1. The van der Waals surface area contributed by atoms with Gasteiger partial charge < -0.3 is 5.32 Å². The topological polar surface area (TPSA) is 35.8 Å². The van der Waals surface area contributed by atoms with E-state index in [1.54, 1.807) is 0 Å². The molecule has 1 fully saturated rings. The van der Waals surface area contributed by atoms with Crippen molar-refractivity contribution in [2.75, 3.05) is 13.1 Å². The van der Waals surface area contributed by atoms with Crippen LogP contribution in [0.15, 0.2) is 0 Å². The first-order valence-corrected chi connectivity index (χ1v) is 6.32. The minimum atomic E-state index is 0.149. The minimum Gasteiger partial charge on any atom is -0.315 e. The summed E-state index contributed by atoms with van der Waals surface area (Å²) in [5.41, 5.74) is 0. The summed E-state index contributed by atoms with van der Waals surface area (Å²) >= 11 is 0. The van der Waals surface area contributed by atoms with Crippen LogP contribution in [0.1, 0.15) is 46.0 Å². The lowest BCUT2D eigenvalue weighted by Crippen LogP contribution is -2.24. The smallest absolute Gasteiger partial charge is 0.0666 e. The van der Waals surface area contributed by atoms with Crippen LogP contribution in [-0.4, -0.2) is 13.1 Å². The van der Waals surface area contributed by atoms with Gasteiger partial charge in [0.15, 0.2) is 0 Å². The van der Waals surface area contributed by atoms with E-state index in [-0.39, 0.29) is 5.92 Å². The van der Waals surface area contributed by atoms with Crippen LogP contribution in [0.25, 0.3) is 0 Å². The molecule has 1 aliphatic carbocycles. The molecule has 2 nitrogen and oxygen atoms in total. The molecule has 86 valence electrons. The van der Waals surface area contributed by atoms with E-state index in [9.17, 15) is 0 Å². The Bertz CT molecular complexity index is 199. The van der Waals surface area contributed by atoms with Gasteiger partial charge in [0.25, 0.3) is 0 Å². The third-order valence-electron chi connectivity index (χ3n) is 3.54. The molecule has 0 aromatic rings.